The van der Waals surface area contributed by atoms with Gasteiger partial charge in [-0.2, -0.15) is 0 Å². The average Bonchev–Trinajstić information content (AvgIpc) is 2.37. The van der Waals surface area contributed by atoms with Crippen LogP contribution in [0.2, 0.25) is 0 Å². The van der Waals surface area contributed by atoms with E-state index in [0.717, 1.165) is 25.9 Å². The summed E-state index contributed by atoms with van der Waals surface area (Å²) in [6.07, 6.45) is 2.86. The van der Waals surface area contributed by atoms with E-state index in [1.54, 1.807) is 0 Å². The molecule has 0 radical (unpaired) electrons. The standard InChI is InChI=1S/C14H26N2O4/c1-4-9-16(10-5-2)13(18)8-6-7-12(17)15(3)11-14(19)20/h4-11H2,1-3H3,(H,19,20). The van der Waals surface area contributed by atoms with E-state index in [1.807, 2.05) is 18.7 Å². The fourth-order valence-corrected chi connectivity index (χ4v) is 1.93. The van der Waals surface area contributed by atoms with E-state index in [-0.39, 0.29) is 24.8 Å². The Balaban J connectivity index is 4.05. The van der Waals surface area contributed by atoms with Crippen LogP contribution in [-0.2, 0) is 14.4 Å². The molecular weight excluding hydrogens is 260 g/mol. The number of rotatable bonds is 10. The number of nitrogens with zero attached hydrogens (tertiary/aromatic N) is 2. The maximum atomic E-state index is 12.0. The van der Waals surface area contributed by atoms with E-state index >= 15 is 0 Å². The number of carboxylic acids is 1. The van der Waals surface area contributed by atoms with Crippen LogP contribution in [-0.4, -0.2) is 59.4 Å². The van der Waals surface area contributed by atoms with E-state index in [0.29, 0.717) is 12.8 Å². The van der Waals surface area contributed by atoms with Crippen LogP contribution in [0, 0.1) is 0 Å². The number of carbonyl (C=O) groups excluding carboxylic acids is 2. The van der Waals surface area contributed by atoms with Crippen molar-refractivity contribution < 1.29 is 19.5 Å². The summed E-state index contributed by atoms with van der Waals surface area (Å²) in [5.74, 6) is -1.20. The lowest BCUT2D eigenvalue weighted by atomic mass is 10.2. The Morgan fingerprint density at radius 2 is 1.45 bits per heavy atom. The van der Waals surface area contributed by atoms with Crippen molar-refractivity contribution in [1.29, 1.82) is 0 Å². The molecular formula is C14H26N2O4. The average molecular weight is 286 g/mol. The lowest BCUT2D eigenvalue weighted by Crippen LogP contribution is -2.33. The zero-order valence-corrected chi connectivity index (χ0v) is 12.7. The van der Waals surface area contributed by atoms with Gasteiger partial charge in [-0.3, -0.25) is 14.4 Å². The first kappa shape index (κ1) is 18.4. The largest absolute Gasteiger partial charge is 0.480 e. The third kappa shape index (κ3) is 7.76. The van der Waals surface area contributed by atoms with Gasteiger partial charge in [0, 0.05) is 33.0 Å². The summed E-state index contributed by atoms with van der Waals surface area (Å²) in [5.41, 5.74) is 0. The van der Waals surface area contributed by atoms with E-state index in [2.05, 4.69) is 0 Å². The maximum Gasteiger partial charge on any atom is 0.323 e. The molecule has 20 heavy (non-hydrogen) atoms. The van der Waals surface area contributed by atoms with Crippen LogP contribution in [0.4, 0.5) is 0 Å². The van der Waals surface area contributed by atoms with Crippen LogP contribution in [0.3, 0.4) is 0 Å². The molecule has 0 spiro atoms. The lowest BCUT2D eigenvalue weighted by Gasteiger charge is -2.21. The normalized spacial score (nSPS) is 10.2. The molecule has 0 aliphatic heterocycles. The van der Waals surface area contributed by atoms with Gasteiger partial charge in [0.15, 0.2) is 0 Å². The lowest BCUT2D eigenvalue weighted by molar-refractivity contribution is -0.143. The Kier molecular flexibility index (Phi) is 9.41. The molecule has 6 nitrogen and oxygen atoms in total. The molecule has 2 amide bonds. The van der Waals surface area contributed by atoms with E-state index in [1.165, 1.54) is 11.9 Å². The van der Waals surface area contributed by atoms with Gasteiger partial charge < -0.3 is 14.9 Å². The first-order chi connectivity index (χ1) is 9.42. The molecule has 0 unspecified atom stereocenters. The first-order valence-electron chi connectivity index (χ1n) is 7.15. The number of aliphatic carboxylic acids is 1. The van der Waals surface area contributed by atoms with Crippen molar-refractivity contribution >= 4 is 17.8 Å². The van der Waals surface area contributed by atoms with Gasteiger partial charge in [-0.15, -0.1) is 0 Å². The third-order valence-corrected chi connectivity index (χ3v) is 2.92. The molecule has 1 N–H and O–H groups in total. The predicted molar refractivity (Wildman–Crippen MR) is 76.3 cm³/mol. The molecule has 0 saturated heterocycles. The van der Waals surface area contributed by atoms with E-state index in [9.17, 15) is 14.4 Å². The molecule has 6 heteroatoms. The molecule has 0 fully saturated rings. The Morgan fingerprint density at radius 3 is 1.90 bits per heavy atom. The quantitative estimate of drug-likeness (QED) is 0.657. The van der Waals surface area contributed by atoms with Gasteiger partial charge in [0.2, 0.25) is 11.8 Å². The van der Waals surface area contributed by atoms with Crippen LogP contribution in [0.15, 0.2) is 0 Å². The minimum atomic E-state index is -1.03. The third-order valence-electron chi connectivity index (χ3n) is 2.92. The maximum absolute atomic E-state index is 12.0. The Morgan fingerprint density at radius 1 is 0.950 bits per heavy atom. The molecule has 0 atom stereocenters. The van der Waals surface area contributed by atoms with Crippen LogP contribution in [0.1, 0.15) is 46.0 Å². The predicted octanol–water partition coefficient (Wildman–Crippen LogP) is 1.35. The van der Waals surface area contributed by atoms with Crippen molar-refractivity contribution in [3.05, 3.63) is 0 Å². The fraction of sp³-hybridized carbons (Fsp3) is 0.786. The Hall–Kier alpha value is -1.59. The number of hydrogen-bond acceptors (Lipinski definition) is 3. The monoisotopic (exact) mass is 286 g/mol. The number of hydrogen-bond donors (Lipinski definition) is 1. The van der Waals surface area contributed by atoms with Crippen molar-refractivity contribution in [1.82, 2.24) is 9.80 Å². The molecule has 0 bridgehead atoms. The summed E-state index contributed by atoms with van der Waals surface area (Å²) in [6.45, 7) is 5.25. The molecule has 116 valence electrons. The molecule has 0 rings (SSSR count). The highest BCUT2D eigenvalue weighted by Gasteiger charge is 2.15. The zero-order valence-electron chi connectivity index (χ0n) is 12.7. The Labute approximate surface area is 120 Å². The fourth-order valence-electron chi connectivity index (χ4n) is 1.93. The van der Waals surface area contributed by atoms with Crippen LogP contribution in [0.25, 0.3) is 0 Å². The van der Waals surface area contributed by atoms with Crippen molar-refractivity contribution in [3.8, 4) is 0 Å². The van der Waals surface area contributed by atoms with Crippen molar-refractivity contribution in [2.75, 3.05) is 26.7 Å². The SMILES string of the molecule is CCCN(CCC)C(=O)CCCC(=O)N(C)CC(=O)O. The smallest absolute Gasteiger partial charge is 0.323 e. The summed E-state index contributed by atoms with van der Waals surface area (Å²) in [7, 11) is 1.46. The van der Waals surface area contributed by atoms with Crippen molar-refractivity contribution in [2.24, 2.45) is 0 Å². The van der Waals surface area contributed by atoms with Gasteiger partial charge >= 0.3 is 5.97 Å². The molecule has 0 heterocycles. The molecule has 0 saturated carbocycles. The first-order valence-corrected chi connectivity index (χ1v) is 7.15. The summed E-state index contributed by atoms with van der Waals surface area (Å²) >= 11 is 0. The summed E-state index contributed by atoms with van der Waals surface area (Å²) in [4.78, 5) is 37.0. The van der Waals surface area contributed by atoms with Crippen molar-refractivity contribution in [2.45, 2.75) is 46.0 Å². The van der Waals surface area contributed by atoms with Gasteiger partial charge in [-0.1, -0.05) is 13.8 Å². The second-order valence-electron chi connectivity index (χ2n) is 4.88. The van der Waals surface area contributed by atoms with Crippen LogP contribution in [0.5, 0.6) is 0 Å². The molecule has 0 aliphatic rings. The van der Waals surface area contributed by atoms with Gasteiger partial charge in [0.1, 0.15) is 6.54 Å². The second kappa shape index (κ2) is 10.2. The second-order valence-corrected chi connectivity index (χ2v) is 4.88. The molecule has 0 aromatic heterocycles. The number of amides is 2. The topological polar surface area (TPSA) is 77.9 Å². The number of carbonyl (C=O) groups is 3. The summed E-state index contributed by atoms with van der Waals surface area (Å²) in [6, 6.07) is 0. The van der Waals surface area contributed by atoms with Crippen molar-refractivity contribution in [3.63, 3.8) is 0 Å². The highest BCUT2D eigenvalue weighted by molar-refractivity contribution is 5.82. The van der Waals surface area contributed by atoms with E-state index in [4.69, 9.17) is 5.11 Å². The van der Waals surface area contributed by atoms with Gasteiger partial charge in [0.25, 0.3) is 0 Å². The highest BCUT2D eigenvalue weighted by atomic mass is 16.4. The number of carboxylic acid groups (broad SMARTS) is 1. The minimum Gasteiger partial charge on any atom is -0.480 e. The molecule has 0 aliphatic carbocycles. The van der Waals surface area contributed by atoms with E-state index < -0.39 is 5.97 Å². The number of likely N-dealkylation sites (N-methyl/N-ethyl adjacent to an activating group) is 1. The van der Waals surface area contributed by atoms with Crippen LogP contribution < -0.4 is 0 Å². The highest BCUT2D eigenvalue weighted by Crippen LogP contribution is 2.05. The van der Waals surface area contributed by atoms with Gasteiger partial charge in [0.05, 0.1) is 0 Å². The van der Waals surface area contributed by atoms with Crippen LogP contribution >= 0.6 is 0 Å². The Bertz CT molecular complexity index is 325. The summed E-state index contributed by atoms with van der Waals surface area (Å²) in [5, 5.41) is 8.58. The van der Waals surface area contributed by atoms with Gasteiger partial charge in [-0.25, -0.2) is 0 Å². The van der Waals surface area contributed by atoms with Gasteiger partial charge in [-0.05, 0) is 19.3 Å². The summed E-state index contributed by atoms with van der Waals surface area (Å²) < 4.78 is 0. The zero-order chi connectivity index (χ0) is 15.5. The molecule has 0 aromatic carbocycles. The molecule has 0 aromatic rings. The minimum absolute atomic E-state index is 0.0717.